The first kappa shape index (κ1) is 15.6. The van der Waals surface area contributed by atoms with Gasteiger partial charge in [0.2, 0.25) is 5.91 Å². The van der Waals surface area contributed by atoms with Gasteiger partial charge in [0.1, 0.15) is 5.82 Å². The van der Waals surface area contributed by atoms with E-state index in [1.165, 1.54) is 11.3 Å². The van der Waals surface area contributed by atoms with Gasteiger partial charge < -0.3 is 10.6 Å². The van der Waals surface area contributed by atoms with Crippen LogP contribution in [-0.2, 0) is 11.2 Å². The van der Waals surface area contributed by atoms with Crippen molar-refractivity contribution in [1.29, 1.82) is 0 Å². The molecule has 2 N–H and O–H groups in total. The van der Waals surface area contributed by atoms with E-state index in [1.54, 1.807) is 6.20 Å². The third-order valence-corrected chi connectivity index (χ3v) is 4.26. The Balaban J connectivity index is 1.58. The standard InChI is InChI=1S/C16H13BrN4OS/c17-11-4-6-12(7-5-11)19-15(22)9-13-10-23-16(20-13)21-14-3-1-2-8-18-14/h1-8,10H,9H2,(H,19,22)(H,18,20,21). The van der Waals surface area contributed by atoms with E-state index < -0.39 is 0 Å². The Kier molecular flexibility index (Phi) is 4.99. The molecular weight excluding hydrogens is 376 g/mol. The van der Waals surface area contributed by atoms with Crippen LogP contribution < -0.4 is 10.6 Å². The Labute approximate surface area is 145 Å². The van der Waals surface area contributed by atoms with Gasteiger partial charge in [-0.2, -0.15) is 0 Å². The summed E-state index contributed by atoms with van der Waals surface area (Å²) in [4.78, 5) is 20.6. The number of halogens is 1. The Morgan fingerprint density at radius 2 is 2.00 bits per heavy atom. The van der Waals surface area contributed by atoms with E-state index >= 15 is 0 Å². The van der Waals surface area contributed by atoms with Gasteiger partial charge >= 0.3 is 0 Å². The summed E-state index contributed by atoms with van der Waals surface area (Å²) in [5.41, 5.74) is 1.49. The number of hydrogen-bond donors (Lipinski definition) is 2. The lowest BCUT2D eigenvalue weighted by atomic mass is 10.3. The Morgan fingerprint density at radius 3 is 2.74 bits per heavy atom. The lowest BCUT2D eigenvalue weighted by Gasteiger charge is -2.04. The molecule has 0 saturated heterocycles. The van der Waals surface area contributed by atoms with E-state index in [0.29, 0.717) is 0 Å². The lowest BCUT2D eigenvalue weighted by Crippen LogP contribution is -2.14. The molecule has 7 heteroatoms. The SMILES string of the molecule is O=C(Cc1csc(Nc2ccccn2)n1)Nc1ccc(Br)cc1. The van der Waals surface area contributed by atoms with Crippen molar-refractivity contribution in [3.05, 3.63) is 64.2 Å². The zero-order valence-corrected chi connectivity index (χ0v) is 14.4. The first-order valence-corrected chi connectivity index (χ1v) is 8.54. The summed E-state index contributed by atoms with van der Waals surface area (Å²) in [5.74, 6) is 0.634. The van der Waals surface area contributed by atoms with Crippen molar-refractivity contribution < 1.29 is 4.79 Å². The minimum atomic E-state index is -0.0954. The van der Waals surface area contributed by atoms with Gasteiger partial charge in [0, 0.05) is 21.7 Å². The van der Waals surface area contributed by atoms with Gasteiger partial charge in [-0.05, 0) is 36.4 Å². The van der Waals surface area contributed by atoms with Crippen LogP contribution in [0.1, 0.15) is 5.69 Å². The lowest BCUT2D eigenvalue weighted by molar-refractivity contribution is -0.115. The molecule has 0 aliphatic carbocycles. The van der Waals surface area contributed by atoms with Crippen molar-refractivity contribution in [3.8, 4) is 0 Å². The maximum Gasteiger partial charge on any atom is 0.230 e. The number of rotatable bonds is 5. The van der Waals surface area contributed by atoms with Gasteiger partial charge in [-0.1, -0.05) is 22.0 Å². The quantitative estimate of drug-likeness (QED) is 0.686. The van der Waals surface area contributed by atoms with Crippen LogP contribution in [0.3, 0.4) is 0 Å². The third kappa shape index (κ3) is 4.61. The molecule has 0 aliphatic heterocycles. The Bertz CT molecular complexity index is 789. The second-order valence-corrected chi connectivity index (χ2v) is 6.49. The molecule has 0 fully saturated rings. The topological polar surface area (TPSA) is 66.9 Å². The highest BCUT2D eigenvalue weighted by atomic mass is 79.9. The first-order valence-electron chi connectivity index (χ1n) is 6.87. The second-order valence-electron chi connectivity index (χ2n) is 4.72. The minimum Gasteiger partial charge on any atom is -0.326 e. The van der Waals surface area contributed by atoms with Crippen LogP contribution in [0.15, 0.2) is 58.5 Å². The number of pyridine rings is 1. The van der Waals surface area contributed by atoms with Gasteiger partial charge in [0.15, 0.2) is 5.13 Å². The van der Waals surface area contributed by atoms with Crippen molar-refractivity contribution in [2.45, 2.75) is 6.42 Å². The van der Waals surface area contributed by atoms with E-state index in [4.69, 9.17) is 0 Å². The molecule has 0 spiro atoms. The van der Waals surface area contributed by atoms with Crippen LogP contribution in [0.2, 0.25) is 0 Å². The zero-order valence-electron chi connectivity index (χ0n) is 12.0. The van der Waals surface area contributed by atoms with Gasteiger partial charge in [-0.3, -0.25) is 4.79 Å². The summed E-state index contributed by atoms with van der Waals surface area (Å²) in [5, 5.41) is 8.55. The van der Waals surface area contributed by atoms with E-state index in [9.17, 15) is 4.79 Å². The van der Waals surface area contributed by atoms with Crippen molar-refractivity contribution >= 4 is 49.8 Å². The van der Waals surface area contributed by atoms with Crippen LogP contribution in [0.5, 0.6) is 0 Å². The molecule has 0 bridgehead atoms. The number of carbonyl (C=O) groups excluding carboxylic acids is 1. The van der Waals surface area contributed by atoms with Crippen molar-refractivity contribution in [3.63, 3.8) is 0 Å². The van der Waals surface area contributed by atoms with Crippen LogP contribution >= 0.6 is 27.3 Å². The van der Waals surface area contributed by atoms with Gasteiger partial charge in [-0.15, -0.1) is 11.3 Å². The molecule has 23 heavy (non-hydrogen) atoms. The number of benzene rings is 1. The summed E-state index contributed by atoms with van der Waals surface area (Å²) >= 11 is 4.81. The van der Waals surface area contributed by atoms with Gasteiger partial charge in [0.25, 0.3) is 0 Å². The normalized spacial score (nSPS) is 10.3. The number of nitrogens with one attached hydrogen (secondary N) is 2. The van der Waals surface area contributed by atoms with E-state index in [-0.39, 0.29) is 12.3 Å². The molecule has 2 aromatic heterocycles. The van der Waals surface area contributed by atoms with Crippen LogP contribution in [0.4, 0.5) is 16.6 Å². The molecule has 116 valence electrons. The highest BCUT2D eigenvalue weighted by molar-refractivity contribution is 9.10. The number of carbonyl (C=O) groups is 1. The average Bonchev–Trinajstić information content (AvgIpc) is 2.97. The highest BCUT2D eigenvalue weighted by Gasteiger charge is 2.08. The molecule has 2 heterocycles. The van der Waals surface area contributed by atoms with E-state index in [0.717, 1.165) is 26.8 Å². The molecular formula is C16H13BrN4OS. The predicted molar refractivity (Wildman–Crippen MR) is 96.1 cm³/mol. The molecule has 0 saturated carbocycles. The summed E-state index contributed by atoms with van der Waals surface area (Å²) in [6.45, 7) is 0. The maximum atomic E-state index is 12.0. The molecule has 0 aliphatic rings. The van der Waals surface area contributed by atoms with Crippen molar-refractivity contribution in [2.24, 2.45) is 0 Å². The molecule has 1 amide bonds. The minimum absolute atomic E-state index is 0.0954. The van der Waals surface area contributed by atoms with E-state index in [1.807, 2.05) is 47.8 Å². The number of nitrogens with zero attached hydrogens (tertiary/aromatic N) is 2. The number of amides is 1. The van der Waals surface area contributed by atoms with Crippen LogP contribution in [0.25, 0.3) is 0 Å². The maximum absolute atomic E-state index is 12.0. The summed E-state index contributed by atoms with van der Waals surface area (Å²) in [6, 6.07) is 13.1. The number of aromatic nitrogens is 2. The first-order chi connectivity index (χ1) is 11.2. The number of thiazole rings is 1. The molecule has 0 unspecified atom stereocenters. The molecule has 3 aromatic rings. The molecule has 5 nitrogen and oxygen atoms in total. The van der Waals surface area contributed by atoms with E-state index in [2.05, 4.69) is 36.5 Å². The Morgan fingerprint density at radius 1 is 1.17 bits per heavy atom. The fourth-order valence-corrected chi connectivity index (χ4v) is 2.88. The van der Waals surface area contributed by atoms with Crippen molar-refractivity contribution in [1.82, 2.24) is 9.97 Å². The molecule has 3 rings (SSSR count). The summed E-state index contributed by atoms with van der Waals surface area (Å²) in [6.07, 6.45) is 1.94. The number of anilines is 3. The molecule has 0 atom stereocenters. The monoisotopic (exact) mass is 388 g/mol. The largest absolute Gasteiger partial charge is 0.326 e. The van der Waals surface area contributed by atoms with Gasteiger partial charge in [0.05, 0.1) is 12.1 Å². The average molecular weight is 389 g/mol. The fourth-order valence-electron chi connectivity index (χ4n) is 1.89. The smallest absolute Gasteiger partial charge is 0.230 e. The number of hydrogen-bond acceptors (Lipinski definition) is 5. The third-order valence-electron chi connectivity index (χ3n) is 2.92. The predicted octanol–water partition coefficient (Wildman–Crippen LogP) is 4.23. The second kappa shape index (κ2) is 7.34. The van der Waals surface area contributed by atoms with Crippen molar-refractivity contribution in [2.75, 3.05) is 10.6 Å². The Hall–Kier alpha value is -2.25. The summed E-state index contributed by atoms with van der Waals surface area (Å²) in [7, 11) is 0. The fraction of sp³-hybridized carbons (Fsp3) is 0.0625. The highest BCUT2D eigenvalue weighted by Crippen LogP contribution is 2.20. The summed E-state index contributed by atoms with van der Waals surface area (Å²) < 4.78 is 0.972. The van der Waals surface area contributed by atoms with Gasteiger partial charge in [-0.25, -0.2) is 9.97 Å². The molecule has 0 radical (unpaired) electrons. The van der Waals surface area contributed by atoms with Crippen LogP contribution in [-0.4, -0.2) is 15.9 Å². The molecule has 1 aromatic carbocycles. The zero-order chi connectivity index (χ0) is 16.1. The van der Waals surface area contributed by atoms with Crippen LogP contribution in [0, 0.1) is 0 Å².